The van der Waals surface area contributed by atoms with Crippen LogP contribution in [0.1, 0.15) is 16.7 Å². The van der Waals surface area contributed by atoms with E-state index in [9.17, 15) is 9.59 Å². The molecular weight excluding hydrogens is 438 g/mol. The lowest BCUT2D eigenvalue weighted by Gasteiger charge is -2.17. The van der Waals surface area contributed by atoms with E-state index in [0.717, 1.165) is 16.7 Å². The van der Waals surface area contributed by atoms with Gasteiger partial charge in [-0.05, 0) is 36.1 Å². The Kier molecular flexibility index (Phi) is 6.48. The van der Waals surface area contributed by atoms with Crippen molar-refractivity contribution in [2.75, 3.05) is 12.8 Å². The van der Waals surface area contributed by atoms with E-state index in [2.05, 4.69) is 26.0 Å². The molecule has 0 saturated heterocycles. The Labute approximate surface area is 195 Å². The van der Waals surface area contributed by atoms with Crippen LogP contribution in [0.4, 0.5) is 0 Å². The summed E-state index contributed by atoms with van der Waals surface area (Å²) in [7, 11) is 3.51. The summed E-state index contributed by atoms with van der Waals surface area (Å²) in [5.74, 6) is 0.222. The average Bonchev–Trinajstić information content (AvgIpc) is 3.21. The Hall–Kier alpha value is -2.90. The summed E-state index contributed by atoms with van der Waals surface area (Å²) < 4.78 is 1.55. The van der Waals surface area contributed by atoms with E-state index in [1.165, 1.54) is 34.2 Å². The molecule has 32 heavy (non-hydrogen) atoms. The van der Waals surface area contributed by atoms with Crippen LogP contribution in [0, 0.1) is 13.8 Å². The molecule has 164 valence electrons. The third kappa shape index (κ3) is 4.49. The number of amides is 1. The van der Waals surface area contributed by atoms with Crippen molar-refractivity contribution in [1.29, 1.82) is 0 Å². The monoisotopic (exact) mass is 463 g/mol. The van der Waals surface area contributed by atoms with E-state index >= 15 is 0 Å². The molecule has 7 heteroatoms. The predicted molar refractivity (Wildman–Crippen MR) is 133 cm³/mol. The Balaban J connectivity index is 1.55. The highest BCUT2D eigenvalue weighted by Gasteiger charge is 2.18. The smallest absolute Gasteiger partial charge is 0.263 e. The Morgan fingerprint density at radius 2 is 1.88 bits per heavy atom. The molecule has 0 saturated carbocycles. The zero-order chi connectivity index (χ0) is 22.8. The van der Waals surface area contributed by atoms with Crippen LogP contribution < -0.4 is 5.56 Å². The summed E-state index contributed by atoms with van der Waals surface area (Å²) in [5, 5.41) is 3.19. The maximum atomic E-state index is 13.2. The number of carbonyl (C=O) groups is 1. The second-order valence-electron chi connectivity index (χ2n) is 7.91. The molecule has 2 heterocycles. The molecule has 5 nitrogen and oxygen atoms in total. The summed E-state index contributed by atoms with van der Waals surface area (Å²) in [6.07, 6.45) is 0. The van der Waals surface area contributed by atoms with Gasteiger partial charge >= 0.3 is 0 Å². The van der Waals surface area contributed by atoms with E-state index in [-0.39, 0.29) is 17.2 Å². The second kappa shape index (κ2) is 9.30. The first-order valence-corrected chi connectivity index (χ1v) is 12.2. The number of hydrogen-bond acceptors (Lipinski definition) is 5. The lowest BCUT2D eigenvalue weighted by atomic mass is 10.0. The molecule has 4 aromatic rings. The second-order valence-corrected chi connectivity index (χ2v) is 9.71. The lowest BCUT2D eigenvalue weighted by Crippen LogP contribution is -2.28. The Morgan fingerprint density at radius 3 is 2.59 bits per heavy atom. The molecule has 0 spiro atoms. The van der Waals surface area contributed by atoms with Gasteiger partial charge in [-0.1, -0.05) is 60.3 Å². The first-order chi connectivity index (χ1) is 15.3. The maximum absolute atomic E-state index is 13.2. The van der Waals surface area contributed by atoms with Crippen LogP contribution in [0.3, 0.4) is 0 Å². The fraction of sp³-hybridized carbons (Fsp3) is 0.240. The van der Waals surface area contributed by atoms with Crippen LogP contribution in [0.2, 0.25) is 0 Å². The minimum Gasteiger partial charge on any atom is -0.341 e. The molecule has 0 atom stereocenters. The van der Waals surface area contributed by atoms with E-state index in [4.69, 9.17) is 4.98 Å². The first-order valence-electron chi connectivity index (χ1n) is 10.3. The van der Waals surface area contributed by atoms with Crippen molar-refractivity contribution in [3.05, 3.63) is 81.0 Å². The molecule has 0 aliphatic heterocycles. The molecule has 2 aromatic carbocycles. The number of thiophene rings is 1. The van der Waals surface area contributed by atoms with Gasteiger partial charge in [-0.2, -0.15) is 0 Å². The summed E-state index contributed by atoms with van der Waals surface area (Å²) in [6, 6.07) is 16.1. The SMILES string of the molecule is Cc1ccc(-c2csc3nc(SCC(=O)N(C)Cc4ccccc4)n(C)c(=O)c23)cc1C. The maximum Gasteiger partial charge on any atom is 0.263 e. The molecule has 0 bridgehead atoms. The van der Waals surface area contributed by atoms with Crippen LogP contribution in [0.5, 0.6) is 0 Å². The number of hydrogen-bond donors (Lipinski definition) is 0. The van der Waals surface area contributed by atoms with E-state index in [0.29, 0.717) is 21.9 Å². The number of carbonyl (C=O) groups excluding carboxylic acids is 1. The minimum absolute atomic E-state index is 0.00445. The van der Waals surface area contributed by atoms with Gasteiger partial charge in [0.05, 0.1) is 11.1 Å². The Morgan fingerprint density at radius 1 is 1.12 bits per heavy atom. The van der Waals surface area contributed by atoms with Crippen LogP contribution in [0.25, 0.3) is 21.3 Å². The number of nitrogens with zero attached hydrogens (tertiary/aromatic N) is 3. The molecule has 0 unspecified atom stereocenters. The average molecular weight is 464 g/mol. The number of aryl methyl sites for hydroxylation is 2. The summed E-state index contributed by atoms with van der Waals surface area (Å²) in [6.45, 7) is 4.70. The molecule has 1 amide bonds. The molecule has 4 rings (SSSR count). The zero-order valence-electron chi connectivity index (χ0n) is 18.6. The first kappa shape index (κ1) is 22.3. The van der Waals surface area contributed by atoms with E-state index in [1.807, 2.05) is 41.8 Å². The quantitative estimate of drug-likeness (QED) is 0.297. The summed E-state index contributed by atoms with van der Waals surface area (Å²) >= 11 is 2.76. The van der Waals surface area contributed by atoms with Crippen molar-refractivity contribution >= 4 is 39.2 Å². The fourth-order valence-electron chi connectivity index (χ4n) is 3.49. The number of benzene rings is 2. The van der Waals surface area contributed by atoms with Crippen molar-refractivity contribution in [2.24, 2.45) is 7.05 Å². The van der Waals surface area contributed by atoms with Gasteiger partial charge in [0.25, 0.3) is 5.56 Å². The molecule has 0 fully saturated rings. The molecule has 0 aliphatic carbocycles. The summed E-state index contributed by atoms with van der Waals surface area (Å²) in [4.78, 5) is 32.9. The van der Waals surface area contributed by atoms with Crippen LogP contribution in [-0.2, 0) is 18.4 Å². The number of rotatable bonds is 6. The van der Waals surface area contributed by atoms with Gasteiger partial charge in [0.1, 0.15) is 4.83 Å². The third-order valence-corrected chi connectivity index (χ3v) is 7.49. The fourth-order valence-corrected chi connectivity index (χ4v) is 5.39. The number of aromatic nitrogens is 2. The summed E-state index contributed by atoms with van der Waals surface area (Å²) in [5.41, 5.74) is 5.35. The number of fused-ring (bicyclic) bond motifs is 1. The minimum atomic E-state index is -0.0860. The van der Waals surface area contributed by atoms with E-state index < -0.39 is 0 Å². The standard InChI is InChI=1S/C25H25N3O2S2/c1-16-10-11-19(12-17(16)2)20-14-31-23-22(20)24(30)28(4)25(26-23)32-15-21(29)27(3)13-18-8-6-5-7-9-18/h5-12,14H,13,15H2,1-4H3. The zero-order valence-corrected chi connectivity index (χ0v) is 20.2. The highest BCUT2D eigenvalue weighted by atomic mass is 32.2. The highest BCUT2D eigenvalue weighted by molar-refractivity contribution is 7.99. The van der Waals surface area contributed by atoms with Crippen molar-refractivity contribution in [3.8, 4) is 11.1 Å². The molecule has 0 N–H and O–H groups in total. The molecule has 2 aromatic heterocycles. The lowest BCUT2D eigenvalue weighted by molar-refractivity contribution is -0.127. The van der Waals surface area contributed by atoms with Gasteiger partial charge in [-0.3, -0.25) is 14.2 Å². The molecule has 0 aliphatic rings. The van der Waals surface area contributed by atoms with Gasteiger partial charge in [-0.15, -0.1) is 11.3 Å². The van der Waals surface area contributed by atoms with Crippen LogP contribution >= 0.6 is 23.1 Å². The van der Waals surface area contributed by atoms with Gasteiger partial charge in [0.15, 0.2) is 5.16 Å². The van der Waals surface area contributed by atoms with Crippen molar-refractivity contribution in [3.63, 3.8) is 0 Å². The topological polar surface area (TPSA) is 55.2 Å². The molecule has 0 radical (unpaired) electrons. The third-order valence-electron chi connectivity index (χ3n) is 5.61. The van der Waals surface area contributed by atoms with Gasteiger partial charge in [-0.25, -0.2) is 4.98 Å². The predicted octanol–water partition coefficient (Wildman–Crippen LogP) is 5.03. The number of thioether (sulfide) groups is 1. The van der Waals surface area contributed by atoms with Crippen molar-refractivity contribution in [2.45, 2.75) is 25.5 Å². The normalized spacial score (nSPS) is 11.1. The van der Waals surface area contributed by atoms with Crippen molar-refractivity contribution in [1.82, 2.24) is 14.5 Å². The van der Waals surface area contributed by atoms with Crippen LogP contribution in [-0.4, -0.2) is 33.2 Å². The largest absolute Gasteiger partial charge is 0.341 e. The van der Waals surface area contributed by atoms with Gasteiger partial charge in [0.2, 0.25) is 5.91 Å². The van der Waals surface area contributed by atoms with Crippen molar-refractivity contribution < 1.29 is 4.79 Å². The highest BCUT2D eigenvalue weighted by Crippen LogP contribution is 2.33. The molecular formula is C25H25N3O2S2. The van der Waals surface area contributed by atoms with Gasteiger partial charge < -0.3 is 4.90 Å². The van der Waals surface area contributed by atoms with E-state index in [1.54, 1.807) is 23.6 Å². The van der Waals surface area contributed by atoms with Crippen LogP contribution in [0.15, 0.2) is 63.9 Å². The Bertz CT molecular complexity index is 1340. The van der Waals surface area contributed by atoms with Gasteiger partial charge in [0, 0.05) is 31.6 Å².